The van der Waals surface area contributed by atoms with Crippen LogP contribution in [0.15, 0.2) is 115 Å². The molecule has 5 rings (SSSR count). The SMILES string of the molecule is CCCN(CC(O)c1cccc2nn(C(c3ccccc3)(c3ccccc3)c3ccccc3)cc12)[C@@H](C)CO. The Morgan fingerprint density at radius 3 is 1.82 bits per heavy atom. The van der Waals surface area contributed by atoms with Crippen LogP contribution in [0.1, 0.15) is 48.6 Å². The first-order valence-electron chi connectivity index (χ1n) is 13.8. The highest BCUT2D eigenvalue weighted by Gasteiger charge is 2.39. The van der Waals surface area contributed by atoms with Gasteiger partial charge in [-0.15, -0.1) is 0 Å². The van der Waals surface area contributed by atoms with Gasteiger partial charge in [0.25, 0.3) is 0 Å². The van der Waals surface area contributed by atoms with Gasteiger partial charge in [-0.05, 0) is 48.2 Å². The zero-order chi connectivity index (χ0) is 27.2. The van der Waals surface area contributed by atoms with E-state index in [1.165, 1.54) is 0 Å². The van der Waals surface area contributed by atoms with Gasteiger partial charge in [0.2, 0.25) is 0 Å². The third kappa shape index (κ3) is 5.13. The van der Waals surface area contributed by atoms with E-state index in [-0.39, 0.29) is 12.6 Å². The lowest BCUT2D eigenvalue weighted by Gasteiger charge is -2.36. The molecule has 0 saturated heterocycles. The number of aromatic nitrogens is 2. The molecule has 2 atom stereocenters. The Hall–Kier alpha value is -3.77. The van der Waals surface area contributed by atoms with Crippen molar-refractivity contribution >= 4 is 10.9 Å². The summed E-state index contributed by atoms with van der Waals surface area (Å²) in [7, 11) is 0. The zero-order valence-electron chi connectivity index (χ0n) is 22.7. The standard InChI is InChI=1S/C34H37N3O2/c1-3-22-36(26(2)25-38)24-33(39)30-20-13-21-32-31(30)23-37(35-32)34(27-14-7-4-8-15-27,28-16-9-5-10-17-28)29-18-11-6-12-19-29/h4-21,23,26,33,38-39H,3,22,24-25H2,1-2H3/t26-,33?/m0/s1. The molecule has 4 aromatic carbocycles. The van der Waals surface area contributed by atoms with Gasteiger partial charge in [0.05, 0.1) is 18.2 Å². The molecule has 2 N–H and O–H groups in total. The van der Waals surface area contributed by atoms with E-state index in [1.54, 1.807) is 0 Å². The number of nitrogens with zero attached hydrogens (tertiary/aromatic N) is 3. The third-order valence-electron chi connectivity index (χ3n) is 7.67. The summed E-state index contributed by atoms with van der Waals surface area (Å²) in [6.45, 7) is 5.43. The Morgan fingerprint density at radius 2 is 1.33 bits per heavy atom. The minimum absolute atomic E-state index is 0.0246. The van der Waals surface area contributed by atoms with E-state index in [4.69, 9.17) is 5.10 Å². The van der Waals surface area contributed by atoms with Crippen LogP contribution in [-0.2, 0) is 5.54 Å². The fourth-order valence-electron chi connectivity index (χ4n) is 5.68. The molecule has 0 aliphatic heterocycles. The molecule has 0 bridgehead atoms. The molecule has 1 heterocycles. The van der Waals surface area contributed by atoms with Gasteiger partial charge < -0.3 is 10.2 Å². The van der Waals surface area contributed by atoms with E-state index >= 15 is 0 Å². The fourth-order valence-corrected chi connectivity index (χ4v) is 5.68. The molecule has 0 aliphatic rings. The average Bonchev–Trinajstić information content (AvgIpc) is 3.43. The van der Waals surface area contributed by atoms with E-state index < -0.39 is 11.6 Å². The summed E-state index contributed by atoms with van der Waals surface area (Å²) < 4.78 is 2.06. The van der Waals surface area contributed by atoms with Crippen molar-refractivity contribution in [1.82, 2.24) is 14.7 Å². The number of hydrogen-bond donors (Lipinski definition) is 2. The molecule has 1 aromatic heterocycles. The molecule has 0 radical (unpaired) electrons. The molecule has 0 spiro atoms. The van der Waals surface area contributed by atoms with Crippen LogP contribution in [-0.4, -0.2) is 50.6 Å². The summed E-state index contributed by atoms with van der Waals surface area (Å²) in [5.74, 6) is 0. The highest BCUT2D eigenvalue weighted by Crippen LogP contribution is 2.41. The molecule has 0 aliphatic carbocycles. The van der Waals surface area contributed by atoms with Gasteiger partial charge in [-0.25, -0.2) is 0 Å². The van der Waals surface area contributed by atoms with Gasteiger partial charge in [-0.3, -0.25) is 9.58 Å². The molecule has 0 amide bonds. The third-order valence-corrected chi connectivity index (χ3v) is 7.67. The van der Waals surface area contributed by atoms with Crippen molar-refractivity contribution in [3.8, 4) is 0 Å². The van der Waals surface area contributed by atoms with Crippen molar-refractivity contribution in [3.63, 3.8) is 0 Å². The van der Waals surface area contributed by atoms with Crippen LogP contribution in [0.4, 0.5) is 0 Å². The summed E-state index contributed by atoms with van der Waals surface area (Å²) in [5.41, 5.74) is 4.25. The summed E-state index contributed by atoms with van der Waals surface area (Å²) in [4.78, 5) is 2.15. The van der Waals surface area contributed by atoms with Crippen molar-refractivity contribution in [2.45, 2.75) is 38.0 Å². The van der Waals surface area contributed by atoms with Crippen LogP contribution in [0.2, 0.25) is 0 Å². The predicted octanol–water partition coefficient (Wildman–Crippen LogP) is 6.00. The molecular formula is C34H37N3O2. The molecule has 5 heteroatoms. The minimum atomic E-state index is -0.718. The monoisotopic (exact) mass is 519 g/mol. The summed E-state index contributed by atoms with van der Waals surface area (Å²) in [6.07, 6.45) is 2.32. The zero-order valence-corrected chi connectivity index (χ0v) is 22.7. The highest BCUT2D eigenvalue weighted by molar-refractivity contribution is 5.82. The fraction of sp³-hybridized carbons (Fsp3) is 0.265. The van der Waals surface area contributed by atoms with Gasteiger partial charge >= 0.3 is 0 Å². The van der Waals surface area contributed by atoms with Crippen molar-refractivity contribution in [3.05, 3.63) is 138 Å². The minimum Gasteiger partial charge on any atom is -0.395 e. The van der Waals surface area contributed by atoms with E-state index in [1.807, 2.05) is 43.3 Å². The van der Waals surface area contributed by atoms with Crippen molar-refractivity contribution in [1.29, 1.82) is 0 Å². The maximum atomic E-state index is 11.5. The molecule has 5 nitrogen and oxygen atoms in total. The van der Waals surface area contributed by atoms with Gasteiger partial charge in [0.15, 0.2) is 0 Å². The molecule has 0 fully saturated rings. The lowest BCUT2D eigenvalue weighted by molar-refractivity contribution is 0.0692. The summed E-state index contributed by atoms with van der Waals surface area (Å²) in [6, 6.07) is 37.4. The molecule has 39 heavy (non-hydrogen) atoms. The van der Waals surface area contributed by atoms with Crippen LogP contribution in [0.25, 0.3) is 10.9 Å². The second-order valence-corrected chi connectivity index (χ2v) is 10.2. The first-order chi connectivity index (χ1) is 19.1. The molecular weight excluding hydrogens is 482 g/mol. The lowest BCUT2D eigenvalue weighted by atomic mass is 9.77. The second kappa shape index (κ2) is 12.0. The maximum Gasteiger partial charge on any atom is 0.138 e. The Kier molecular flexibility index (Phi) is 8.22. The highest BCUT2D eigenvalue weighted by atomic mass is 16.3. The van der Waals surface area contributed by atoms with Crippen molar-refractivity contribution in [2.24, 2.45) is 0 Å². The average molecular weight is 520 g/mol. The number of aliphatic hydroxyl groups excluding tert-OH is 2. The van der Waals surface area contributed by atoms with Gasteiger partial charge in [-0.1, -0.05) is 110 Å². The Morgan fingerprint density at radius 1 is 0.795 bits per heavy atom. The maximum absolute atomic E-state index is 11.5. The van der Waals surface area contributed by atoms with Gasteiger partial charge in [0, 0.05) is 24.2 Å². The van der Waals surface area contributed by atoms with Gasteiger partial charge in [-0.2, -0.15) is 5.10 Å². The number of fused-ring (bicyclic) bond motifs is 1. The van der Waals surface area contributed by atoms with Crippen molar-refractivity contribution in [2.75, 3.05) is 19.7 Å². The second-order valence-electron chi connectivity index (χ2n) is 10.2. The van der Waals surface area contributed by atoms with Crippen LogP contribution in [0.5, 0.6) is 0 Å². The summed E-state index contributed by atoms with van der Waals surface area (Å²) >= 11 is 0. The lowest BCUT2D eigenvalue weighted by Crippen LogP contribution is -2.39. The first-order valence-corrected chi connectivity index (χ1v) is 13.8. The molecule has 0 saturated carbocycles. The van der Waals surface area contributed by atoms with E-state index in [2.05, 4.69) is 95.5 Å². The Balaban J connectivity index is 1.71. The predicted molar refractivity (Wildman–Crippen MR) is 158 cm³/mol. The molecule has 1 unspecified atom stereocenters. The Bertz CT molecular complexity index is 1370. The number of hydrogen-bond acceptors (Lipinski definition) is 4. The molecule has 5 aromatic rings. The normalized spacial score (nSPS) is 13.6. The van der Waals surface area contributed by atoms with E-state index in [0.717, 1.165) is 46.1 Å². The number of benzene rings is 4. The van der Waals surface area contributed by atoms with Crippen molar-refractivity contribution < 1.29 is 10.2 Å². The quantitative estimate of drug-likeness (QED) is 0.210. The van der Waals surface area contributed by atoms with Crippen LogP contribution in [0, 0.1) is 0 Å². The van der Waals surface area contributed by atoms with E-state index in [0.29, 0.717) is 6.54 Å². The van der Waals surface area contributed by atoms with E-state index in [9.17, 15) is 10.2 Å². The van der Waals surface area contributed by atoms with Crippen LogP contribution >= 0.6 is 0 Å². The topological polar surface area (TPSA) is 61.5 Å². The number of rotatable bonds is 11. The van der Waals surface area contributed by atoms with Crippen LogP contribution < -0.4 is 0 Å². The summed E-state index contributed by atoms with van der Waals surface area (Å²) in [5, 5.41) is 27.3. The molecule has 200 valence electrons. The van der Waals surface area contributed by atoms with Gasteiger partial charge in [0.1, 0.15) is 5.54 Å². The van der Waals surface area contributed by atoms with Crippen LogP contribution in [0.3, 0.4) is 0 Å². The largest absolute Gasteiger partial charge is 0.395 e. The Labute approximate surface area is 231 Å². The number of aliphatic hydroxyl groups is 2. The smallest absolute Gasteiger partial charge is 0.138 e. The first kappa shape index (κ1) is 26.8.